The number of carbonyl (C=O) groups is 1. The first-order chi connectivity index (χ1) is 15.2. The molecular weight excluding hydrogens is 420 g/mol. The van der Waals surface area contributed by atoms with Crippen LogP contribution in [0.3, 0.4) is 0 Å². The van der Waals surface area contributed by atoms with Crippen molar-refractivity contribution in [1.29, 1.82) is 0 Å². The molecule has 3 aliphatic rings. The van der Waals surface area contributed by atoms with Gasteiger partial charge in [0.25, 0.3) is 0 Å². The maximum atomic E-state index is 14.0. The minimum Gasteiger partial charge on any atom is -0.423 e. The Balaban J connectivity index is 1.27. The molecule has 3 saturated carbocycles. The molecule has 0 amide bonds. The van der Waals surface area contributed by atoms with Crippen molar-refractivity contribution >= 4 is 5.97 Å². The van der Waals surface area contributed by atoms with E-state index in [1.165, 1.54) is 38.5 Å². The van der Waals surface area contributed by atoms with Crippen molar-refractivity contribution in [3.63, 3.8) is 0 Å². The molecule has 176 valence electrons. The molecule has 2 nitrogen and oxygen atoms in total. The normalized spacial score (nSPS) is 33.2. The molecule has 0 spiro atoms. The SMILES string of the molecule is C=CC1CCC2CC(C3CCC(C(=O)Oc4ccc(C(F)(F)F)cc4F)CC3)CCC2C1. The second kappa shape index (κ2) is 9.56. The van der Waals surface area contributed by atoms with Crippen molar-refractivity contribution in [3.8, 4) is 5.75 Å². The van der Waals surface area contributed by atoms with E-state index in [-0.39, 0.29) is 5.92 Å². The maximum Gasteiger partial charge on any atom is 0.416 e. The molecule has 3 aliphatic carbocycles. The monoisotopic (exact) mass is 452 g/mol. The molecular formula is C26H32F4O2. The molecule has 3 fully saturated rings. The largest absolute Gasteiger partial charge is 0.423 e. The third-order valence-electron chi connectivity index (χ3n) is 8.27. The Labute approximate surface area is 187 Å². The average Bonchev–Trinajstić information content (AvgIpc) is 2.79. The number of fused-ring (bicyclic) bond motifs is 1. The van der Waals surface area contributed by atoms with Gasteiger partial charge in [-0.2, -0.15) is 13.2 Å². The van der Waals surface area contributed by atoms with Crippen molar-refractivity contribution in [3.05, 3.63) is 42.2 Å². The van der Waals surface area contributed by atoms with Crippen LogP contribution in [0.5, 0.6) is 5.75 Å². The molecule has 4 atom stereocenters. The van der Waals surface area contributed by atoms with E-state index in [1.54, 1.807) is 0 Å². The Bertz CT molecular complexity index is 826. The standard InChI is InChI=1S/C26H32F4O2/c1-2-16-3-4-21-14-20(10-9-19(21)13-16)17-5-7-18(8-6-17)25(31)32-24-12-11-22(15-23(24)27)26(28,29)30/h2,11-12,15-21H,1,3-10,13-14H2. The lowest BCUT2D eigenvalue weighted by molar-refractivity contribution is -0.140. The Morgan fingerprint density at radius 1 is 0.906 bits per heavy atom. The van der Waals surface area contributed by atoms with Crippen LogP contribution < -0.4 is 4.74 Å². The lowest BCUT2D eigenvalue weighted by Gasteiger charge is -2.45. The van der Waals surface area contributed by atoms with E-state index >= 15 is 0 Å². The third-order valence-corrected chi connectivity index (χ3v) is 8.27. The van der Waals surface area contributed by atoms with E-state index in [0.29, 0.717) is 30.7 Å². The van der Waals surface area contributed by atoms with Gasteiger partial charge in [0.1, 0.15) is 0 Å². The van der Waals surface area contributed by atoms with E-state index in [4.69, 9.17) is 4.74 Å². The molecule has 32 heavy (non-hydrogen) atoms. The van der Waals surface area contributed by atoms with E-state index in [9.17, 15) is 22.4 Å². The fourth-order valence-corrected chi connectivity index (χ4v) is 6.38. The summed E-state index contributed by atoms with van der Waals surface area (Å²) in [6, 6.07) is 2.00. The zero-order valence-electron chi connectivity index (χ0n) is 18.4. The molecule has 0 bridgehead atoms. The maximum absolute atomic E-state index is 14.0. The van der Waals surface area contributed by atoms with E-state index in [2.05, 4.69) is 12.7 Å². The van der Waals surface area contributed by atoms with Crippen LogP contribution in [-0.4, -0.2) is 5.97 Å². The minimum atomic E-state index is -4.63. The Kier molecular flexibility index (Phi) is 6.97. The van der Waals surface area contributed by atoms with Crippen LogP contribution in [0.15, 0.2) is 30.9 Å². The topological polar surface area (TPSA) is 26.3 Å². The first-order valence-electron chi connectivity index (χ1n) is 12.0. The van der Waals surface area contributed by atoms with Gasteiger partial charge in [-0.15, -0.1) is 6.58 Å². The van der Waals surface area contributed by atoms with Crippen molar-refractivity contribution in [2.75, 3.05) is 0 Å². The van der Waals surface area contributed by atoms with Crippen molar-refractivity contribution in [1.82, 2.24) is 0 Å². The molecule has 6 heteroatoms. The van der Waals surface area contributed by atoms with Gasteiger partial charge in [0.2, 0.25) is 0 Å². The van der Waals surface area contributed by atoms with Crippen LogP contribution in [-0.2, 0) is 11.0 Å². The van der Waals surface area contributed by atoms with Crippen LogP contribution in [0.4, 0.5) is 17.6 Å². The lowest BCUT2D eigenvalue weighted by atomic mass is 9.61. The number of benzene rings is 1. The molecule has 1 aromatic carbocycles. The van der Waals surface area contributed by atoms with Crippen molar-refractivity contribution in [2.45, 2.75) is 70.4 Å². The van der Waals surface area contributed by atoms with Gasteiger partial charge in [-0.1, -0.05) is 6.08 Å². The summed E-state index contributed by atoms with van der Waals surface area (Å²) in [5, 5.41) is 0. The number of ether oxygens (including phenoxy) is 1. The van der Waals surface area contributed by atoms with E-state index < -0.39 is 29.3 Å². The molecule has 0 radical (unpaired) electrons. The fourth-order valence-electron chi connectivity index (χ4n) is 6.38. The van der Waals surface area contributed by atoms with Crippen molar-refractivity contribution < 1.29 is 27.1 Å². The molecule has 0 aliphatic heterocycles. The van der Waals surface area contributed by atoms with Crippen molar-refractivity contribution in [2.24, 2.45) is 35.5 Å². The van der Waals surface area contributed by atoms with Gasteiger partial charge < -0.3 is 4.74 Å². The van der Waals surface area contributed by atoms with Gasteiger partial charge in [-0.25, -0.2) is 4.39 Å². The summed E-state index contributed by atoms with van der Waals surface area (Å²) in [4.78, 5) is 12.5. The first kappa shape index (κ1) is 23.3. The second-order valence-corrected chi connectivity index (χ2v) is 10.1. The average molecular weight is 453 g/mol. The summed E-state index contributed by atoms with van der Waals surface area (Å²) >= 11 is 0. The molecule has 0 saturated heterocycles. The van der Waals surface area contributed by atoms with Gasteiger partial charge in [0, 0.05) is 0 Å². The molecule has 0 heterocycles. The summed E-state index contributed by atoms with van der Waals surface area (Å²) in [6.45, 7) is 3.97. The van der Waals surface area contributed by atoms with Gasteiger partial charge in [0.15, 0.2) is 11.6 Å². The van der Waals surface area contributed by atoms with Crippen LogP contribution >= 0.6 is 0 Å². The zero-order valence-corrected chi connectivity index (χ0v) is 18.4. The number of hydrogen-bond acceptors (Lipinski definition) is 2. The Morgan fingerprint density at radius 2 is 1.50 bits per heavy atom. The number of halogens is 4. The number of hydrogen-bond donors (Lipinski definition) is 0. The van der Waals surface area contributed by atoms with Crippen LogP contribution in [0.1, 0.15) is 69.8 Å². The highest BCUT2D eigenvalue weighted by Crippen LogP contribution is 2.49. The lowest BCUT2D eigenvalue weighted by Crippen LogP contribution is -2.35. The summed E-state index contributed by atoms with van der Waals surface area (Å²) in [7, 11) is 0. The molecule has 0 N–H and O–H groups in total. The first-order valence-corrected chi connectivity index (χ1v) is 12.0. The van der Waals surface area contributed by atoms with E-state index in [0.717, 1.165) is 42.7 Å². The van der Waals surface area contributed by atoms with Crippen LogP contribution in [0, 0.1) is 41.3 Å². The van der Waals surface area contributed by atoms with Crippen LogP contribution in [0.25, 0.3) is 0 Å². The van der Waals surface area contributed by atoms with Gasteiger partial charge >= 0.3 is 12.1 Å². The molecule has 0 aromatic heterocycles. The Morgan fingerprint density at radius 3 is 2.12 bits per heavy atom. The van der Waals surface area contributed by atoms with Gasteiger partial charge in [-0.05, 0) is 112 Å². The number of esters is 1. The summed E-state index contributed by atoms with van der Waals surface area (Å²) in [5.74, 6) is 1.26. The summed E-state index contributed by atoms with van der Waals surface area (Å²) in [5.41, 5.74) is -1.09. The van der Waals surface area contributed by atoms with Gasteiger partial charge in [-0.3, -0.25) is 4.79 Å². The highest BCUT2D eigenvalue weighted by molar-refractivity contribution is 5.75. The number of rotatable bonds is 4. The highest BCUT2D eigenvalue weighted by atomic mass is 19.4. The number of carbonyl (C=O) groups excluding carboxylic acids is 1. The Hall–Kier alpha value is -1.85. The summed E-state index contributed by atoms with van der Waals surface area (Å²) < 4.78 is 57.2. The predicted molar refractivity (Wildman–Crippen MR) is 114 cm³/mol. The minimum absolute atomic E-state index is 0.313. The third kappa shape index (κ3) is 5.20. The quantitative estimate of drug-likeness (QED) is 0.204. The second-order valence-electron chi connectivity index (χ2n) is 10.1. The highest BCUT2D eigenvalue weighted by Gasteiger charge is 2.39. The van der Waals surface area contributed by atoms with Gasteiger partial charge in [0.05, 0.1) is 11.5 Å². The molecule has 1 aromatic rings. The number of alkyl halides is 3. The molecule has 4 rings (SSSR count). The zero-order chi connectivity index (χ0) is 22.9. The molecule has 4 unspecified atom stereocenters. The van der Waals surface area contributed by atoms with E-state index in [1.807, 2.05) is 0 Å². The predicted octanol–water partition coefficient (Wildman–Crippen LogP) is 7.57. The smallest absolute Gasteiger partial charge is 0.416 e. The number of allylic oxidation sites excluding steroid dienone is 1. The summed E-state index contributed by atoms with van der Waals surface area (Å²) in [6.07, 6.45) is 8.55. The fraction of sp³-hybridized carbons (Fsp3) is 0.654. The van der Waals surface area contributed by atoms with Crippen LogP contribution in [0.2, 0.25) is 0 Å².